The van der Waals surface area contributed by atoms with E-state index < -0.39 is 6.36 Å². The number of benzene rings is 1. The van der Waals surface area contributed by atoms with Crippen LogP contribution >= 0.6 is 15.9 Å². The van der Waals surface area contributed by atoms with Crippen LogP contribution in [0.2, 0.25) is 0 Å². The molecule has 0 saturated heterocycles. The molecule has 0 aliphatic carbocycles. The summed E-state index contributed by atoms with van der Waals surface area (Å²) in [5, 5.41) is 0. The molecular formula is C9H8BrF3O. The lowest BCUT2D eigenvalue weighted by Crippen LogP contribution is -2.18. The molecule has 14 heavy (non-hydrogen) atoms. The quantitative estimate of drug-likeness (QED) is 0.736. The van der Waals surface area contributed by atoms with Crippen molar-refractivity contribution >= 4 is 15.9 Å². The first-order valence-corrected chi connectivity index (χ1v) is 4.80. The molecule has 0 aliphatic heterocycles. The number of hydrogen-bond donors (Lipinski definition) is 0. The summed E-state index contributed by atoms with van der Waals surface area (Å²) in [6.45, 7) is 1.73. The first kappa shape index (κ1) is 11.4. The number of halogens is 4. The Morgan fingerprint density at radius 3 is 2.36 bits per heavy atom. The minimum absolute atomic E-state index is 0.163. The molecule has 1 unspecified atom stereocenters. The Balaban J connectivity index is 2.96. The Bertz CT molecular complexity index is 309. The first-order valence-electron chi connectivity index (χ1n) is 3.89. The van der Waals surface area contributed by atoms with E-state index in [4.69, 9.17) is 0 Å². The van der Waals surface area contributed by atoms with Crippen LogP contribution in [0.25, 0.3) is 0 Å². The fourth-order valence-electron chi connectivity index (χ4n) is 1.03. The highest BCUT2D eigenvalue weighted by Gasteiger charge is 2.32. The van der Waals surface area contributed by atoms with Gasteiger partial charge in [-0.15, -0.1) is 13.2 Å². The molecule has 0 saturated carbocycles. The lowest BCUT2D eigenvalue weighted by atomic mass is 10.1. The fourth-order valence-corrected chi connectivity index (χ4v) is 1.41. The van der Waals surface area contributed by atoms with Crippen molar-refractivity contribution in [3.8, 4) is 5.75 Å². The van der Waals surface area contributed by atoms with E-state index in [1.54, 1.807) is 19.1 Å². The largest absolute Gasteiger partial charge is 0.573 e. The fraction of sp³-hybridized carbons (Fsp3) is 0.333. The molecule has 0 N–H and O–H groups in total. The van der Waals surface area contributed by atoms with Crippen molar-refractivity contribution in [2.45, 2.75) is 18.1 Å². The van der Waals surface area contributed by atoms with E-state index in [1.165, 1.54) is 12.1 Å². The highest BCUT2D eigenvalue weighted by Crippen LogP contribution is 2.33. The maximum Gasteiger partial charge on any atom is 0.573 e. The molecule has 1 aromatic rings. The summed E-state index contributed by atoms with van der Waals surface area (Å²) in [6.07, 6.45) is -4.64. The smallest absolute Gasteiger partial charge is 0.405 e. The van der Waals surface area contributed by atoms with Gasteiger partial charge in [0, 0.05) is 10.4 Å². The monoisotopic (exact) mass is 268 g/mol. The van der Waals surface area contributed by atoms with Crippen LogP contribution in [-0.2, 0) is 0 Å². The third-order valence-corrected chi connectivity index (χ3v) is 2.07. The van der Waals surface area contributed by atoms with Gasteiger partial charge >= 0.3 is 6.36 Å². The summed E-state index contributed by atoms with van der Waals surface area (Å²) in [5.41, 5.74) is 0.477. The predicted molar refractivity (Wildman–Crippen MR) is 50.5 cm³/mol. The topological polar surface area (TPSA) is 9.23 Å². The van der Waals surface area contributed by atoms with E-state index >= 15 is 0 Å². The Kier molecular flexibility index (Phi) is 3.42. The summed E-state index contributed by atoms with van der Waals surface area (Å²) in [7, 11) is 0. The molecule has 0 fully saturated rings. The summed E-state index contributed by atoms with van der Waals surface area (Å²) in [5.74, 6) is -0.163. The molecule has 1 rings (SSSR count). The molecule has 0 aromatic heterocycles. The Hall–Kier alpha value is -0.710. The zero-order valence-corrected chi connectivity index (χ0v) is 8.89. The second-order valence-electron chi connectivity index (χ2n) is 2.70. The zero-order chi connectivity index (χ0) is 10.8. The second kappa shape index (κ2) is 4.21. The molecule has 0 heterocycles. The number of alkyl halides is 4. The molecule has 1 atom stereocenters. The molecule has 1 nitrogen and oxygen atoms in total. The van der Waals surface area contributed by atoms with Gasteiger partial charge in [-0.1, -0.05) is 34.1 Å². The van der Waals surface area contributed by atoms with Crippen molar-refractivity contribution in [1.82, 2.24) is 0 Å². The van der Waals surface area contributed by atoms with Gasteiger partial charge in [0.15, 0.2) is 0 Å². The summed E-state index contributed by atoms with van der Waals surface area (Å²) < 4.78 is 39.7. The van der Waals surface area contributed by atoms with Crippen LogP contribution < -0.4 is 4.74 Å². The molecule has 5 heteroatoms. The van der Waals surface area contributed by atoms with Crippen molar-refractivity contribution in [1.29, 1.82) is 0 Å². The minimum atomic E-state index is -4.64. The Morgan fingerprint density at radius 2 is 1.86 bits per heavy atom. The van der Waals surface area contributed by atoms with Crippen LogP contribution in [0, 0.1) is 0 Å². The van der Waals surface area contributed by atoms with Gasteiger partial charge in [0.1, 0.15) is 5.75 Å². The summed E-state index contributed by atoms with van der Waals surface area (Å²) in [6, 6.07) is 6.04. The Morgan fingerprint density at radius 1 is 1.29 bits per heavy atom. The highest BCUT2D eigenvalue weighted by molar-refractivity contribution is 9.09. The normalized spacial score (nSPS) is 13.8. The van der Waals surface area contributed by atoms with Gasteiger partial charge in [-0.3, -0.25) is 0 Å². The number of ether oxygens (including phenoxy) is 1. The summed E-state index contributed by atoms with van der Waals surface area (Å²) in [4.78, 5) is -0.180. The standard InChI is InChI=1S/C9H8BrF3O/c1-6(10)7-4-2-3-5-8(7)14-9(11,12)13/h2-6H,1H3. The third-order valence-electron chi connectivity index (χ3n) is 1.57. The number of rotatable bonds is 2. The van der Waals surface area contributed by atoms with Crippen LogP contribution in [0.1, 0.15) is 17.3 Å². The van der Waals surface area contributed by atoms with E-state index in [0.717, 1.165) is 0 Å². The molecule has 1 aromatic carbocycles. The minimum Gasteiger partial charge on any atom is -0.405 e. The zero-order valence-electron chi connectivity index (χ0n) is 7.31. The molecule has 0 radical (unpaired) electrons. The van der Waals surface area contributed by atoms with Gasteiger partial charge in [-0.2, -0.15) is 0 Å². The van der Waals surface area contributed by atoms with Crippen LogP contribution in [0.15, 0.2) is 24.3 Å². The van der Waals surface area contributed by atoms with E-state index in [1.807, 2.05) is 0 Å². The maximum atomic E-state index is 11.9. The Labute approximate surface area is 88.0 Å². The van der Waals surface area contributed by atoms with Crippen LogP contribution in [0.4, 0.5) is 13.2 Å². The molecule has 0 spiro atoms. The van der Waals surface area contributed by atoms with Gasteiger partial charge in [0.25, 0.3) is 0 Å². The number of para-hydroxylation sites is 1. The molecular weight excluding hydrogens is 261 g/mol. The van der Waals surface area contributed by atoms with Crippen molar-refractivity contribution in [2.24, 2.45) is 0 Å². The van der Waals surface area contributed by atoms with Gasteiger partial charge in [-0.05, 0) is 13.0 Å². The van der Waals surface area contributed by atoms with Crippen molar-refractivity contribution in [2.75, 3.05) is 0 Å². The van der Waals surface area contributed by atoms with Crippen LogP contribution in [0.3, 0.4) is 0 Å². The van der Waals surface area contributed by atoms with Gasteiger partial charge in [0.2, 0.25) is 0 Å². The molecule has 0 amide bonds. The molecule has 0 bridgehead atoms. The summed E-state index contributed by atoms with van der Waals surface area (Å²) >= 11 is 3.19. The van der Waals surface area contributed by atoms with E-state index in [9.17, 15) is 13.2 Å². The van der Waals surface area contributed by atoms with Gasteiger partial charge < -0.3 is 4.74 Å². The lowest BCUT2D eigenvalue weighted by Gasteiger charge is -2.14. The van der Waals surface area contributed by atoms with Crippen molar-refractivity contribution < 1.29 is 17.9 Å². The SMILES string of the molecule is CC(Br)c1ccccc1OC(F)(F)F. The lowest BCUT2D eigenvalue weighted by molar-refractivity contribution is -0.274. The van der Waals surface area contributed by atoms with Crippen LogP contribution in [0.5, 0.6) is 5.75 Å². The van der Waals surface area contributed by atoms with E-state index in [-0.39, 0.29) is 10.6 Å². The number of hydrogen-bond acceptors (Lipinski definition) is 1. The van der Waals surface area contributed by atoms with Gasteiger partial charge in [0.05, 0.1) is 0 Å². The van der Waals surface area contributed by atoms with Crippen LogP contribution in [-0.4, -0.2) is 6.36 Å². The second-order valence-corrected chi connectivity index (χ2v) is 4.08. The third kappa shape index (κ3) is 3.21. The molecule has 0 aliphatic rings. The molecule has 78 valence electrons. The average Bonchev–Trinajstić information content (AvgIpc) is 2.01. The highest BCUT2D eigenvalue weighted by atomic mass is 79.9. The first-order chi connectivity index (χ1) is 6.40. The predicted octanol–water partition coefficient (Wildman–Crippen LogP) is 4.04. The van der Waals surface area contributed by atoms with E-state index in [0.29, 0.717) is 5.56 Å². The maximum absolute atomic E-state index is 11.9. The van der Waals surface area contributed by atoms with Crippen molar-refractivity contribution in [3.63, 3.8) is 0 Å². The average molecular weight is 269 g/mol. The van der Waals surface area contributed by atoms with Crippen molar-refractivity contribution in [3.05, 3.63) is 29.8 Å². The van der Waals surface area contributed by atoms with E-state index in [2.05, 4.69) is 20.7 Å². The van der Waals surface area contributed by atoms with Gasteiger partial charge in [-0.25, -0.2) is 0 Å².